The van der Waals surface area contributed by atoms with Gasteiger partial charge in [0.05, 0.1) is 14.2 Å². The predicted molar refractivity (Wildman–Crippen MR) is 90.0 cm³/mol. The van der Waals surface area contributed by atoms with Crippen LogP contribution < -0.4 is 15.4 Å². The molecule has 1 amide bonds. The van der Waals surface area contributed by atoms with Crippen LogP contribution in [0.4, 0.5) is 16.2 Å². The molecule has 0 saturated heterocycles. The van der Waals surface area contributed by atoms with E-state index in [1.165, 1.54) is 7.11 Å². The summed E-state index contributed by atoms with van der Waals surface area (Å²) in [6, 6.07) is 11.6. The molecule has 0 radical (unpaired) electrons. The highest BCUT2D eigenvalue weighted by Gasteiger charge is 2.07. The first-order valence-electron chi connectivity index (χ1n) is 7.31. The summed E-state index contributed by atoms with van der Waals surface area (Å²) in [7, 11) is 2.94. The van der Waals surface area contributed by atoms with Crippen LogP contribution in [0, 0.1) is 0 Å². The van der Waals surface area contributed by atoms with E-state index in [0.717, 1.165) is 17.7 Å². The highest BCUT2D eigenvalue weighted by Crippen LogP contribution is 2.18. The lowest BCUT2D eigenvalue weighted by Gasteiger charge is -2.16. The normalized spacial score (nSPS) is 11.4. The number of ether oxygens (including phenoxy) is 2. The van der Waals surface area contributed by atoms with Crippen molar-refractivity contribution in [1.29, 1.82) is 0 Å². The Labute approximate surface area is 135 Å². The molecule has 23 heavy (non-hydrogen) atoms. The number of nitrogens with one attached hydrogen (secondary N) is 2. The highest BCUT2D eigenvalue weighted by atomic mass is 16.5. The molecule has 0 aliphatic carbocycles. The van der Waals surface area contributed by atoms with Crippen LogP contribution in [0.3, 0.4) is 0 Å². The fourth-order valence-corrected chi connectivity index (χ4v) is 2.23. The van der Waals surface area contributed by atoms with Crippen LogP contribution in [0.25, 0.3) is 0 Å². The van der Waals surface area contributed by atoms with E-state index >= 15 is 0 Å². The van der Waals surface area contributed by atoms with Crippen molar-refractivity contribution in [3.63, 3.8) is 0 Å². The van der Waals surface area contributed by atoms with Crippen LogP contribution in [0.5, 0.6) is 5.88 Å². The van der Waals surface area contributed by atoms with Gasteiger partial charge in [-0.3, -0.25) is 5.32 Å². The molecule has 0 aliphatic heterocycles. The second-order valence-electron chi connectivity index (χ2n) is 5.15. The number of rotatable bonds is 6. The Hall–Kier alpha value is -2.76. The molecule has 1 atom stereocenters. The van der Waals surface area contributed by atoms with Crippen LogP contribution in [-0.4, -0.2) is 31.3 Å². The second-order valence-corrected chi connectivity index (χ2v) is 5.15. The van der Waals surface area contributed by atoms with E-state index in [4.69, 9.17) is 4.74 Å². The molecule has 122 valence electrons. The molecule has 0 bridgehead atoms. The molecule has 1 aromatic heterocycles. The summed E-state index contributed by atoms with van der Waals surface area (Å²) in [5.41, 5.74) is 2.74. The molecule has 6 heteroatoms. The lowest BCUT2D eigenvalue weighted by atomic mass is 10.1. The molecule has 2 rings (SSSR count). The number of amides is 1. The second kappa shape index (κ2) is 8.03. The predicted octanol–water partition coefficient (Wildman–Crippen LogP) is 3.31. The van der Waals surface area contributed by atoms with Gasteiger partial charge < -0.3 is 14.8 Å². The van der Waals surface area contributed by atoms with Crippen molar-refractivity contribution in [3.8, 4) is 5.88 Å². The minimum Gasteiger partial charge on any atom is -0.481 e. The molecular formula is C17H21N3O3. The van der Waals surface area contributed by atoms with Gasteiger partial charge >= 0.3 is 6.09 Å². The number of methoxy groups -OCH3 is 2. The van der Waals surface area contributed by atoms with E-state index in [2.05, 4.69) is 27.3 Å². The lowest BCUT2D eigenvalue weighted by molar-refractivity contribution is 0.187. The molecular weight excluding hydrogens is 294 g/mol. The minimum absolute atomic E-state index is 0.204. The van der Waals surface area contributed by atoms with Crippen LogP contribution in [0.1, 0.15) is 12.5 Å². The average molecular weight is 315 g/mol. The zero-order valence-corrected chi connectivity index (χ0v) is 13.5. The molecule has 0 aliphatic rings. The Kier molecular flexibility index (Phi) is 5.80. The average Bonchev–Trinajstić information content (AvgIpc) is 2.55. The van der Waals surface area contributed by atoms with E-state index in [1.807, 2.05) is 30.3 Å². The van der Waals surface area contributed by atoms with Crippen molar-refractivity contribution >= 4 is 17.5 Å². The van der Waals surface area contributed by atoms with Gasteiger partial charge in [0.25, 0.3) is 0 Å². The van der Waals surface area contributed by atoms with Gasteiger partial charge in [-0.05, 0) is 43.2 Å². The Morgan fingerprint density at radius 1 is 1.22 bits per heavy atom. The van der Waals surface area contributed by atoms with Gasteiger partial charge in [-0.25, -0.2) is 9.78 Å². The SMILES string of the molecule is COC(=O)Nc1cccc(N[C@@H](C)Cc2ccnc(OC)c2)c1. The van der Waals surface area contributed by atoms with E-state index < -0.39 is 6.09 Å². The van der Waals surface area contributed by atoms with Crippen molar-refractivity contribution in [1.82, 2.24) is 4.98 Å². The van der Waals surface area contributed by atoms with E-state index in [1.54, 1.807) is 19.4 Å². The van der Waals surface area contributed by atoms with Crippen LogP contribution >= 0.6 is 0 Å². The molecule has 0 saturated carbocycles. The third-order valence-corrected chi connectivity index (χ3v) is 3.26. The van der Waals surface area contributed by atoms with Gasteiger partial charge in [-0.2, -0.15) is 0 Å². The number of carbonyl (C=O) groups is 1. The molecule has 6 nitrogen and oxygen atoms in total. The van der Waals surface area contributed by atoms with Gasteiger partial charge in [0.1, 0.15) is 0 Å². The third-order valence-electron chi connectivity index (χ3n) is 3.26. The fraction of sp³-hybridized carbons (Fsp3) is 0.294. The van der Waals surface area contributed by atoms with Gasteiger partial charge in [-0.1, -0.05) is 6.07 Å². The topological polar surface area (TPSA) is 72.5 Å². The summed E-state index contributed by atoms with van der Waals surface area (Å²) in [6.45, 7) is 2.09. The van der Waals surface area contributed by atoms with Gasteiger partial charge in [-0.15, -0.1) is 0 Å². The van der Waals surface area contributed by atoms with Crippen molar-refractivity contribution in [3.05, 3.63) is 48.2 Å². The van der Waals surface area contributed by atoms with Crippen LogP contribution in [-0.2, 0) is 11.2 Å². The summed E-state index contributed by atoms with van der Waals surface area (Å²) in [5, 5.41) is 6.05. The Morgan fingerprint density at radius 2 is 2.00 bits per heavy atom. The standard InChI is InChI=1S/C17H21N3O3/c1-12(9-13-7-8-18-16(10-13)22-2)19-14-5-4-6-15(11-14)20-17(21)23-3/h4-8,10-12,19H,9H2,1-3H3,(H,20,21)/t12-/m0/s1. The molecule has 2 N–H and O–H groups in total. The summed E-state index contributed by atoms with van der Waals surface area (Å²) in [5.74, 6) is 0.610. The monoisotopic (exact) mass is 315 g/mol. The lowest BCUT2D eigenvalue weighted by Crippen LogP contribution is -2.18. The molecule has 1 aromatic carbocycles. The van der Waals surface area contributed by atoms with Crippen molar-refractivity contribution in [2.75, 3.05) is 24.9 Å². The molecule has 2 aromatic rings. The summed E-state index contributed by atoms with van der Waals surface area (Å²) < 4.78 is 9.72. The zero-order valence-electron chi connectivity index (χ0n) is 13.5. The molecule has 0 spiro atoms. The van der Waals surface area contributed by atoms with Crippen LogP contribution in [0.15, 0.2) is 42.6 Å². The van der Waals surface area contributed by atoms with E-state index in [9.17, 15) is 4.79 Å². The summed E-state index contributed by atoms with van der Waals surface area (Å²) in [6.07, 6.45) is 2.08. The minimum atomic E-state index is -0.487. The van der Waals surface area contributed by atoms with Crippen molar-refractivity contribution in [2.24, 2.45) is 0 Å². The molecule has 1 heterocycles. The Morgan fingerprint density at radius 3 is 2.74 bits per heavy atom. The number of carbonyl (C=O) groups excluding carboxylic acids is 1. The quantitative estimate of drug-likeness (QED) is 0.855. The third kappa shape index (κ3) is 5.18. The maximum atomic E-state index is 11.2. The van der Waals surface area contributed by atoms with Gasteiger partial charge in [0.2, 0.25) is 5.88 Å². The Balaban J connectivity index is 1.98. The van der Waals surface area contributed by atoms with Crippen LogP contribution in [0.2, 0.25) is 0 Å². The van der Waals surface area contributed by atoms with E-state index in [-0.39, 0.29) is 6.04 Å². The largest absolute Gasteiger partial charge is 0.481 e. The summed E-state index contributed by atoms with van der Waals surface area (Å²) in [4.78, 5) is 15.3. The van der Waals surface area contributed by atoms with Gasteiger partial charge in [0, 0.05) is 29.7 Å². The van der Waals surface area contributed by atoms with E-state index in [0.29, 0.717) is 11.6 Å². The number of anilines is 2. The number of hydrogen-bond acceptors (Lipinski definition) is 5. The zero-order chi connectivity index (χ0) is 16.7. The first-order chi connectivity index (χ1) is 11.1. The van der Waals surface area contributed by atoms with Crippen molar-refractivity contribution < 1.29 is 14.3 Å². The first kappa shape index (κ1) is 16.6. The highest BCUT2D eigenvalue weighted by molar-refractivity contribution is 5.85. The Bertz CT molecular complexity index is 661. The number of benzene rings is 1. The number of hydrogen-bond donors (Lipinski definition) is 2. The summed E-state index contributed by atoms with van der Waals surface area (Å²) >= 11 is 0. The first-order valence-corrected chi connectivity index (χ1v) is 7.31. The molecule has 0 unspecified atom stereocenters. The number of nitrogens with zero attached hydrogens (tertiary/aromatic N) is 1. The van der Waals surface area contributed by atoms with Crippen molar-refractivity contribution in [2.45, 2.75) is 19.4 Å². The fourth-order valence-electron chi connectivity index (χ4n) is 2.23. The number of aromatic nitrogens is 1. The number of pyridine rings is 1. The maximum Gasteiger partial charge on any atom is 0.411 e. The maximum absolute atomic E-state index is 11.2. The smallest absolute Gasteiger partial charge is 0.411 e. The van der Waals surface area contributed by atoms with Gasteiger partial charge in [0.15, 0.2) is 0 Å². The molecule has 0 fully saturated rings.